The van der Waals surface area contributed by atoms with E-state index in [9.17, 15) is 17.9 Å². The highest BCUT2D eigenvalue weighted by Crippen LogP contribution is 2.25. The summed E-state index contributed by atoms with van der Waals surface area (Å²) >= 11 is 5.62. The van der Waals surface area contributed by atoms with Crippen LogP contribution in [0.2, 0.25) is 5.02 Å². The van der Waals surface area contributed by atoms with E-state index < -0.39 is 21.9 Å². The first-order valence-electron chi connectivity index (χ1n) is 6.47. The van der Waals surface area contributed by atoms with Gasteiger partial charge in [-0.2, -0.15) is 0 Å². The van der Waals surface area contributed by atoms with Crippen LogP contribution >= 0.6 is 11.6 Å². The van der Waals surface area contributed by atoms with Crippen LogP contribution in [0.25, 0.3) is 0 Å². The van der Waals surface area contributed by atoms with Crippen LogP contribution in [0.5, 0.6) is 0 Å². The van der Waals surface area contributed by atoms with Crippen LogP contribution in [0.1, 0.15) is 24.8 Å². The number of aliphatic hydroxyl groups excluding tert-OH is 1. The summed E-state index contributed by atoms with van der Waals surface area (Å²) in [5, 5.41) is 9.55. The number of nitrogens with one attached hydrogen (secondary N) is 1. The first-order valence-corrected chi connectivity index (χ1v) is 8.50. The van der Waals surface area contributed by atoms with Crippen molar-refractivity contribution in [2.24, 2.45) is 5.92 Å². The zero-order valence-electron chi connectivity index (χ0n) is 10.9. The van der Waals surface area contributed by atoms with Gasteiger partial charge < -0.3 is 5.11 Å². The molecule has 0 spiro atoms. The van der Waals surface area contributed by atoms with Gasteiger partial charge >= 0.3 is 0 Å². The molecule has 0 amide bonds. The van der Waals surface area contributed by atoms with E-state index in [4.69, 9.17) is 11.6 Å². The van der Waals surface area contributed by atoms with E-state index in [1.165, 1.54) is 12.1 Å². The standard InChI is InChI=1S/C13H17ClFNO3S/c14-11-6-9(4-5-12(11)15)8-20(18,19)16-7-10-2-1-3-13(10)17/h4-6,10,13,16-17H,1-3,7-8H2. The summed E-state index contributed by atoms with van der Waals surface area (Å²) in [6.45, 7) is 0.235. The van der Waals surface area contributed by atoms with Gasteiger partial charge in [0.2, 0.25) is 10.0 Å². The molecule has 0 aliphatic heterocycles. The quantitative estimate of drug-likeness (QED) is 0.872. The summed E-state index contributed by atoms with van der Waals surface area (Å²) in [4.78, 5) is 0. The SMILES string of the molecule is O=S(=O)(Cc1ccc(F)c(Cl)c1)NCC1CCCC1O. The van der Waals surface area contributed by atoms with Crippen molar-refractivity contribution in [2.75, 3.05) is 6.54 Å². The molecule has 1 aromatic carbocycles. The number of halogens is 2. The number of hydrogen-bond donors (Lipinski definition) is 2. The maximum Gasteiger partial charge on any atom is 0.215 e. The van der Waals surface area contributed by atoms with Crippen LogP contribution in [0.15, 0.2) is 18.2 Å². The Balaban J connectivity index is 1.94. The Morgan fingerprint density at radius 3 is 2.75 bits per heavy atom. The molecular weight excluding hydrogens is 305 g/mol. The molecule has 1 saturated carbocycles. The minimum atomic E-state index is -3.52. The van der Waals surface area contributed by atoms with Crippen molar-refractivity contribution in [1.29, 1.82) is 0 Å². The highest BCUT2D eigenvalue weighted by Gasteiger charge is 2.26. The predicted octanol–water partition coefficient (Wildman–Crippen LogP) is 2.06. The van der Waals surface area contributed by atoms with Crippen molar-refractivity contribution in [3.8, 4) is 0 Å². The molecule has 0 heterocycles. The lowest BCUT2D eigenvalue weighted by atomic mass is 10.1. The van der Waals surface area contributed by atoms with Crippen LogP contribution < -0.4 is 4.72 Å². The van der Waals surface area contributed by atoms with Crippen molar-refractivity contribution >= 4 is 21.6 Å². The molecule has 0 bridgehead atoms. The molecule has 112 valence electrons. The molecule has 2 N–H and O–H groups in total. The third-order valence-corrected chi connectivity index (χ3v) is 5.13. The Morgan fingerprint density at radius 1 is 1.40 bits per heavy atom. The third kappa shape index (κ3) is 4.15. The highest BCUT2D eigenvalue weighted by molar-refractivity contribution is 7.88. The molecule has 0 saturated heterocycles. The summed E-state index contributed by atoms with van der Waals surface area (Å²) in [5.74, 6) is -0.855. The maximum atomic E-state index is 13.0. The summed E-state index contributed by atoms with van der Waals surface area (Å²) < 4.78 is 39.4. The van der Waals surface area contributed by atoms with Gasteiger partial charge in [0.15, 0.2) is 0 Å². The number of hydrogen-bond acceptors (Lipinski definition) is 3. The molecule has 1 aliphatic rings. The third-order valence-electron chi connectivity index (χ3n) is 3.53. The molecule has 0 aromatic heterocycles. The van der Waals surface area contributed by atoms with Crippen molar-refractivity contribution < 1.29 is 17.9 Å². The van der Waals surface area contributed by atoms with E-state index >= 15 is 0 Å². The molecule has 4 nitrogen and oxygen atoms in total. The van der Waals surface area contributed by atoms with E-state index in [1.807, 2.05) is 0 Å². The fourth-order valence-electron chi connectivity index (χ4n) is 2.39. The van der Waals surface area contributed by atoms with Gasteiger partial charge in [-0.15, -0.1) is 0 Å². The van der Waals surface area contributed by atoms with Crippen LogP contribution in [0.4, 0.5) is 4.39 Å². The second-order valence-electron chi connectivity index (χ2n) is 5.11. The molecule has 0 radical (unpaired) electrons. The normalized spacial score (nSPS) is 23.1. The molecule has 1 fully saturated rings. The summed E-state index contributed by atoms with van der Waals surface area (Å²) in [6, 6.07) is 3.85. The van der Waals surface area contributed by atoms with E-state index in [0.29, 0.717) is 5.56 Å². The molecule has 2 rings (SSSR count). The highest BCUT2D eigenvalue weighted by atomic mass is 35.5. The lowest BCUT2D eigenvalue weighted by Crippen LogP contribution is -2.33. The molecule has 7 heteroatoms. The average molecular weight is 322 g/mol. The zero-order valence-corrected chi connectivity index (χ0v) is 12.4. The van der Waals surface area contributed by atoms with Crippen molar-refractivity contribution in [1.82, 2.24) is 4.72 Å². The van der Waals surface area contributed by atoms with Crippen molar-refractivity contribution in [2.45, 2.75) is 31.1 Å². The Morgan fingerprint density at radius 2 is 2.15 bits per heavy atom. The first-order chi connectivity index (χ1) is 9.37. The number of sulfonamides is 1. The Hall–Kier alpha value is -0.690. The summed E-state index contributed by atoms with van der Waals surface area (Å²) in [5.41, 5.74) is 0.427. The number of benzene rings is 1. The largest absolute Gasteiger partial charge is 0.393 e. The van der Waals surface area contributed by atoms with Gasteiger partial charge in [-0.05, 0) is 36.5 Å². The second kappa shape index (κ2) is 6.39. The Labute approximate surface area is 123 Å². The van der Waals surface area contributed by atoms with E-state index in [-0.39, 0.29) is 23.2 Å². The van der Waals surface area contributed by atoms with Crippen molar-refractivity contribution in [3.63, 3.8) is 0 Å². The van der Waals surface area contributed by atoms with E-state index in [1.54, 1.807) is 0 Å². The number of aliphatic hydroxyl groups is 1. The number of rotatable bonds is 5. The fraction of sp³-hybridized carbons (Fsp3) is 0.538. The van der Waals surface area contributed by atoms with Gasteiger partial charge in [0.05, 0.1) is 16.9 Å². The van der Waals surface area contributed by atoms with E-state index in [2.05, 4.69) is 4.72 Å². The van der Waals surface area contributed by atoms with Gasteiger partial charge in [0.25, 0.3) is 0 Å². The van der Waals surface area contributed by atoms with Gasteiger partial charge in [0.1, 0.15) is 5.82 Å². The van der Waals surface area contributed by atoms with Gasteiger partial charge in [-0.25, -0.2) is 17.5 Å². The monoisotopic (exact) mass is 321 g/mol. The molecule has 1 aromatic rings. The topological polar surface area (TPSA) is 66.4 Å². The van der Waals surface area contributed by atoms with Gasteiger partial charge in [0, 0.05) is 6.54 Å². The minimum absolute atomic E-state index is 0.0263. The summed E-state index contributed by atoms with van der Waals surface area (Å²) in [7, 11) is -3.52. The lowest BCUT2D eigenvalue weighted by molar-refractivity contribution is 0.134. The maximum absolute atomic E-state index is 13.0. The van der Waals surface area contributed by atoms with Gasteiger partial charge in [-0.3, -0.25) is 0 Å². The first kappa shape index (κ1) is 15.7. The fourth-order valence-corrected chi connectivity index (χ4v) is 3.78. The van der Waals surface area contributed by atoms with Crippen LogP contribution in [0.3, 0.4) is 0 Å². The molecule has 20 heavy (non-hydrogen) atoms. The average Bonchev–Trinajstić information content (AvgIpc) is 2.77. The molecular formula is C13H17ClFNO3S. The molecule has 1 aliphatic carbocycles. The van der Waals surface area contributed by atoms with Crippen molar-refractivity contribution in [3.05, 3.63) is 34.6 Å². The molecule has 2 unspecified atom stereocenters. The van der Waals surface area contributed by atoms with Crippen LogP contribution in [-0.2, 0) is 15.8 Å². The minimum Gasteiger partial charge on any atom is -0.393 e. The van der Waals surface area contributed by atoms with Gasteiger partial charge in [-0.1, -0.05) is 24.1 Å². The van der Waals surface area contributed by atoms with Crippen LogP contribution in [0, 0.1) is 11.7 Å². The lowest BCUT2D eigenvalue weighted by Gasteiger charge is -2.15. The zero-order chi connectivity index (χ0) is 14.8. The van der Waals surface area contributed by atoms with Crippen LogP contribution in [-0.4, -0.2) is 26.2 Å². The Bertz CT molecular complexity index is 579. The second-order valence-corrected chi connectivity index (χ2v) is 7.33. The smallest absolute Gasteiger partial charge is 0.215 e. The molecule has 2 atom stereocenters. The summed E-state index contributed by atoms with van der Waals surface area (Å²) in [6.07, 6.45) is 2.03. The predicted molar refractivity (Wildman–Crippen MR) is 75.4 cm³/mol. The van der Waals surface area contributed by atoms with E-state index in [0.717, 1.165) is 25.3 Å². The Kier molecular flexibility index (Phi) is 5.01.